The van der Waals surface area contributed by atoms with E-state index >= 15 is 0 Å². The van der Waals surface area contributed by atoms with Gasteiger partial charge in [0.1, 0.15) is 5.84 Å². The first-order chi connectivity index (χ1) is 8.99. The smallest absolute Gasteiger partial charge is 0.124 e. The minimum absolute atomic E-state index is 0.0716. The molecule has 0 amide bonds. The summed E-state index contributed by atoms with van der Waals surface area (Å²) in [6.07, 6.45) is 1.11. The highest BCUT2D eigenvalue weighted by molar-refractivity contribution is 6.31. The van der Waals surface area contributed by atoms with Crippen LogP contribution >= 0.6 is 11.6 Å². The van der Waals surface area contributed by atoms with Gasteiger partial charge in [-0.25, -0.2) is 0 Å². The maximum absolute atomic E-state index is 7.73. The van der Waals surface area contributed by atoms with Gasteiger partial charge in [-0.15, -0.1) is 0 Å². The van der Waals surface area contributed by atoms with E-state index < -0.39 is 0 Å². The molecule has 1 saturated heterocycles. The van der Waals surface area contributed by atoms with E-state index in [0.717, 1.165) is 37.3 Å². The third-order valence-electron chi connectivity index (χ3n) is 3.61. The third-order valence-corrected chi connectivity index (χ3v) is 3.84. The van der Waals surface area contributed by atoms with Crippen LogP contribution in [-0.4, -0.2) is 43.5 Å². The van der Waals surface area contributed by atoms with Crippen molar-refractivity contribution in [2.45, 2.75) is 19.4 Å². The summed E-state index contributed by atoms with van der Waals surface area (Å²) in [6, 6.07) is 6.01. The number of amidine groups is 1. The molecule has 5 heteroatoms. The monoisotopic (exact) mass is 280 g/mol. The molecule has 1 aliphatic heterocycles. The molecule has 1 unspecified atom stereocenters. The van der Waals surface area contributed by atoms with Crippen molar-refractivity contribution < 1.29 is 0 Å². The van der Waals surface area contributed by atoms with Crippen LogP contribution in [0, 0.1) is 5.41 Å². The molecule has 1 aromatic rings. The number of nitrogen functional groups attached to an aromatic ring is 1. The van der Waals surface area contributed by atoms with Crippen molar-refractivity contribution in [1.29, 1.82) is 5.41 Å². The summed E-state index contributed by atoms with van der Waals surface area (Å²) in [6.45, 7) is 5.30. The van der Waals surface area contributed by atoms with Crippen LogP contribution in [0.4, 0.5) is 5.69 Å². The molecule has 1 heterocycles. The van der Waals surface area contributed by atoms with Gasteiger partial charge < -0.3 is 15.5 Å². The molecule has 0 aromatic heterocycles. The van der Waals surface area contributed by atoms with Gasteiger partial charge in [-0.05, 0) is 45.1 Å². The van der Waals surface area contributed by atoms with Crippen LogP contribution in [0.25, 0.3) is 0 Å². The van der Waals surface area contributed by atoms with E-state index in [-0.39, 0.29) is 5.84 Å². The molecule has 0 spiro atoms. The highest BCUT2D eigenvalue weighted by atomic mass is 35.5. The van der Waals surface area contributed by atoms with Gasteiger partial charge in [0.25, 0.3) is 0 Å². The molecule has 3 N–H and O–H groups in total. The van der Waals surface area contributed by atoms with Gasteiger partial charge in [0, 0.05) is 35.4 Å². The van der Waals surface area contributed by atoms with Crippen LogP contribution in [-0.2, 0) is 0 Å². The average molecular weight is 281 g/mol. The van der Waals surface area contributed by atoms with E-state index in [2.05, 4.69) is 23.8 Å². The Bertz CT molecular complexity index is 475. The number of halogens is 1. The van der Waals surface area contributed by atoms with Gasteiger partial charge in [0.05, 0.1) is 0 Å². The van der Waals surface area contributed by atoms with Gasteiger partial charge in [0.2, 0.25) is 0 Å². The number of nitrogens with one attached hydrogen (secondary N) is 1. The van der Waals surface area contributed by atoms with E-state index in [4.69, 9.17) is 22.7 Å². The number of anilines is 1. The summed E-state index contributed by atoms with van der Waals surface area (Å²) >= 11 is 6.01. The van der Waals surface area contributed by atoms with Crippen molar-refractivity contribution >= 4 is 23.1 Å². The van der Waals surface area contributed by atoms with Crippen LogP contribution in [0.2, 0.25) is 5.02 Å². The lowest BCUT2D eigenvalue weighted by atomic mass is 10.1. The second-order valence-electron chi connectivity index (χ2n) is 5.23. The summed E-state index contributed by atoms with van der Waals surface area (Å²) in [5.74, 6) is 0.0716. The zero-order valence-electron chi connectivity index (χ0n) is 11.5. The fraction of sp³-hybridized carbons (Fsp3) is 0.500. The topological polar surface area (TPSA) is 56.4 Å². The highest BCUT2D eigenvalue weighted by Crippen LogP contribution is 2.27. The second kappa shape index (κ2) is 5.80. The fourth-order valence-corrected chi connectivity index (χ4v) is 2.88. The second-order valence-corrected chi connectivity index (χ2v) is 5.67. The van der Waals surface area contributed by atoms with Crippen LogP contribution in [0.15, 0.2) is 18.2 Å². The predicted octanol–water partition coefficient (Wildman–Crippen LogP) is 2.15. The normalized spacial score (nSPS) is 21.2. The lowest BCUT2D eigenvalue weighted by Gasteiger charge is -2.31. The van der Waals surface area contributed by atoms with Gasteiger partial charge >= 0.3 is 0 Å². The number of hydrogen-bond acceptors (Lipinski definition) is 3. The van der Waals surface area contributed by atoms with Gasteiger partial charge in [0.15, 0.2) is 0 Å². The molecule has 0 saturated carbocycles. The first-order valence-electron chi connectivity index (χ1n) is 6.58. The van der Waals surface area contributed by atoms with Crippen LogP contribution < -0.4 is 10.6 Å². The Morgan fingerprint density at radius 3 is 2.84 bits per heavy atom. The summed E-state index contributed by atoms with van der Waals surface area (Å²) in [4.78, 5) is 4.67. The van der Waals surface area contributed by atoms with E-state index in [9.17, 15) is 0 Å². The van der Waals surface area contributed by atoms with Crippen LogP contribution in [0.3, 0.4) is 0 Å². The van der Waals surface area contributed by atoms with Crippen LogP contribution in [0.5, 0.6) is 0 Å². The molecule has 0 aliphatic carbocycles. The molecule has 1 atom stereocenters. The van der Waals surface area contributed by atoms with Gasteiger partial charge in [-0.2, -0.15) is 0 Å². The molecule has 4 nitrogen and oxygen atoms in total. The number of nitrogens with two attached hydrogens (primary N) is 1. The van der Waals surface area contributed by atoms with Gasteiger partial charge in [-0.3, -0.25) is 5.41 Å². The maximum atomic E-state index is 7.73. The Morgan fingerprint density at radius 2 is 2.16 bits per heavy atom. The van der Waals surface area contributed by atoms with Crippen molar-refractivity contribution in [2.75, 3.05) is 31.6 Å². The van der Waals surface area contributed by atoms with Gasteiger partial charge in [-0.1, -0.05) is 11.6 Å². The number of hydrogen-bond donors (Lipinski definition) is 2. The highest BCUT2D eigenvalue weighted by Gasteiger charge is 2.22. The standard InChI is InChI=1S/C14H21ClN4/c1-10-9-18(2)6-3-7-19(10)13-5-4-11(15)8-12(13)14(16)17/h4-5,8,10H,3,6-7,9H2,1-2H3,(H3,16,17). The van der Waals surface area contributed by atoms with Crippen molar-refractivity contribution in [3.8, 4) is 0 Å². The summed E-state index contributed by atoms with van der Waals surface area (Å²) in [5.41, 5.74) is 7.43. The Morgan fingerprint density at radius 1 is 1.42 bits per heavy atom. The predicted molar refractivity (Wildman–Crippen MR) is 81.4 cm³/mol. The summed E-state index contributed by atoms with van der Waals surface area (Å²) in [5, 5.41) is 8.35. The van der Waals surface area contributed by atoms with E-state index in [1.54, 1.807) is 6.07 Å². The molecular weight excluding hydrogens is 260 g/mol. The number of likely N-dealkylation sites (N-methyl/N-ethyl adjacent to an activating group) is 1. The van der Waals surface area contributed by atoms with Crippen molar-refractivity contribution in [3.63, 3.8) is 0 Å². The molecule has 0 bridgehead atoms. The summed E-state index contributed by atoms with van der Waals surface area (Å²) < 4.78 is 0. The Hall–Kier alpha value is -1.26. The van der Waals surface area contributed by atoms with E-state index in [1.807, 2.05) is 12.1 Å². The molecule has 19 heavy (non-hydrogen) atoms. The molecular formula is C14H21ClN4. The maximum Gasteiger partial charge on any atom is 0.124 e. The molecule has 1 aromatic carbocycles. The molecule has 1 aliphatic rings. The SMILES string of the molecule is CC1CN(C)CCCN1c1ccc(Cl)cc1C(=N)N. The first kappa shape index (κ1) is 14.2. The van der Waals surface area contributed by atoms with E-state index in [1.165, 1.54) is 0 Å². The molecule has 1 fully saturated rings. The first-order valence-corrected chi connectivity index (χ1v) is 6.96. The lowest BCUT2D eigenvalue weighted by Crippen LogP contribution is -2.39. The van der Waals surface area contributed by atoms with E-state index in [0.29, 0.717) is 11.1 Å². The largest absolute Gasteiger partial charge is 0.384 e. The average Bonchev–Trinajstić information content (AvgIpc) is 2.50. The molecule has 0 radical (unpaired) electrons. The lowest BCUT2D eigenvalue weighted by molar-refractivity contribution is 0.337. The zero-order chi connectivity index (χ0) is 14.0. The Labute approximate surface area is 119 Å². The number of benzene rings is 1. The molecule has 2 rings (SSSR count). The van der Waals surface area contributed by atoms with Crippen LogP contribution in [0.1, 0.15) is 18.9 Å². The Kier molecular flexibility index (Phi) is 4.32. The third kappa shape index (κ3) is 3.19. The minimum atomic E-state index is 0.0716. The zero-order valence-corrected chi connectivity index (χ0v) is 12.2. The minimum Gasteiger partial charge on any atom is -0.384 e. The number of nitrogens with zero attached hydrogens (tertiary/aromatic N) is 2. The quantitative estimate of drug-likeness (QED) is 0.645. The van der Waals surface area contributed by atoms with Crippen molar-refractivity contribution in [3.05, 3.63) is 28.8 Å². The van der Waals surface area contributed by atoms with Crippen molar-refractivity contribution in [2.24, 2.45) is 5.73 Å². The fourth-order valence-electron chi connectivity index (χ4n) is 2.70. The van der Waals surface area contributed by atoms with Crippen molar-refractivity contribution in [1.82, 2.24) is 4.90 Å². The molecule has 104 valence electrons. The number of rotatable bonds is 2. The summed E-state index contributed by atoms with van der Waals surface area (Å²) in [7, 11) is 2.15. The Balaban J connectivity index is 2.37.